The molecule has 0 unspecified atom stereocenters. The number of pyridine rings is 1. The molecule has 27 heavy (non-hydrogen) atoms. The first-order valence-electron chi connectivity index (χ1n) is 9.48. The fraction of sp³-hybridized carbons (Fsp3) is 0.429. The number of rotatable bonds is 3. The molecule has 1 aromatic heterocycles. The summed E-state index contributed by atoms with van der Waals surface area (Å²) in [5.41, 5.74) is 8.55. The lowest BCUT2D eigenvalue weighted by molar-refractivity contribution is 0.0261. The van der Waals surface area contributed by atoms with Crippen LogP contribution in [0.4, 0.5) is 0 Å². The quantitative estimate of drug-likeness (QED) is 0.867. The van der Waals surface area contributed by atoms with Gasteiger partial charge in [0.1, 0.15) is 5.56 Å². The topological polar surface area (TPSA) is 88.7 Å². The van der Waals surface area contributed by atoms with Crippen LogP contribution in [0.25, 0.3) is 0 Å². The first-order valence-corrected chi connectivity index (χ1v) is 9.48. The smallest absolute Gasteiger partial charge is 0.259 e. The predicted octanol–water partition coefficient (Wildman–Crippen LogP) is 2.03. The molecule has 6 heteroatoms. The Morgan fingerprint density at radius 1 is 1.30 bits per heavy atom. The maximum atomic E-state index is 13.0. The zero-order chi connectivity index (χ0) is 19.0. The summed E-state index contributed by atoms with van der Waals surface area (Å²) < 4.78 is 5.50. The summed E-state index contributed by atoms with van der Waals surface area (Å²) in [6.45, 7) is 3.46. The number of amides is 1. The van der Waals surface area contributed by atoms with Gasteiger partial charge in [0.15, 0.2) is 0 Å². The van der Waals surface area contributed by atoms with E-state index in [0.717, 1.165) is 11.1 Å². The molecule has 142 valence electrons. The van der Waals surface area contributed by atoms with Gasteiger partial charge >= 0.3 is 0 Å². The number of carbonyl (C=O) groups is 1. The van der Waals surface area contributed by atoms with Crippen LogP contribution in [-0.4, -0.2) is 46.7 Å². The maximum absolute atomic E-state index is 13.0. The first-order chi connectivity index (χ1) is 13.1. The van der Waals surface area contributed by atoms with Crippen LogP contribution >= 0.6 is 0 Å². The molecule has 1 aliphatic carbocycles. The molecule has 1 aromatic carbocycles. The van der Waals surface area contributed by atoms with Crippen LogP contribution in [0.3, 0.4) is 0 Å². The number of fused-ring (bicyclic) bond motifs is 2. The van der Waals surface area contributed by atoms with Gasteiger partial charge in [-0.2, -0.15) is 0 Å². The molecule has 3 N–H and O–H groups in total. The molecule has 1 saturated heterocycles. The van der Waals surface area contributed by atoms with Gasteiger partial charge in [-0.05, 0) is 43.0 Å². The van der Waals surface area contributed by atoms with E-state index >= 15 is 0 Å². The summed E-state index contributed by atoms with van der Waals surface area (Å²) in [5, 5.41) is 10.9. The Labute approximate surface area is 159 Å². The molecule has 4 rings (SSSR count). The molecule has 2 aromatic rings. The highest BCUT2D eigenvalue weighted by atomic mass is 16.5. The Balaban J connectivity index is 1.56. The molecule has 0 radical (unpaired) electrons. The summed E-state index contributed by atoms with van der Waals surface area (Å²) in [5.74, 6) is 0.296. The van der Waals surface area contributed by atoms with Crippen LogP contribution in [-0.2, 0) is 5.41 Å². The van der Waals surface area contributed by atoms with E-state index in [1.807, 2.05) is 30.0 Å². The zero-order valence-electron chi connectivity index (χ0n) is 15.5. The van der Waals surface area contributed by atoms with Crippen molar-refractivity contribution in [3.63, 3.8) is 0 Å². The zero-order valence-corrected chi connectivity index (χ0v) is 15.5. The number of hydrogen-bond acceptors (Lipinski definition) is 5. The van der Waals surface area contributed by atoms with E-state index in [2.05, 4.69) is 11.1 Å². The number of nitrogens with two attached hydrogens (primary N) is 1. The monoisotopic (exact) mass is 367 g/mol. The number of likely N-dealkylation sites (tertiary alicyclic amines) is 1. The van der Waals surface area contributed by atoms with Crippen molar-refractivity contribution in [1.29, 1.82) is 0 Å². The molecule has 2 atom stereocenters. The van der Waals surface area contributed by atoms with Gasteiger partial charge in [-0.1, -0.05) is 24.3 Å². The third-order valence-electron chi connectivity index (χ3n) is 5.99. The molecular formula is C21H25N3O3. The normalized spacial score (nSPS) is 23.3. The number of nitrogens with zero attached hydrogens (tertiary/aromatic N) is 2. The van der Waals surface area contributed by atoms with Crippen LogP contribution in [0.1, 0.15) is 47.3 Å². The molecule has 1 aliphatic heterocycles. The SMILES string of the molecule is CCOc1ncccc1C(=O)N1CCC2(CC1)c1ccccc1[C@@H](N)[C@@H]2O. The van der Waals surface area contributed by atoms with Crippen molar-refractivity contribution in [2.45, 2.75) is 37.3 Å². The Kier molecular flexibility index (Phi) is 4.61. The second-order valence-electron chi connectivity index (χ2n) is 7.30. The van der Waals surface area contributed by atoms with E-state index in [9.17, 15) is 9.90 Å². The van der Waals surface area contributed by atoms with Crippen molar-refractivity contribution in [2.24, 2.45) is 5.73 Å². The number of aromatic nitrogens is 1. The molecule has 1 spiro atoms. The van der Waals surface area contributed by atoms with Crippen LogP contribution < -0.4 is 10.5 Å². The maximum Gasteiger partial charge on any atom is 0.259 e. The number of ether oxygens (including phenoxy) is 1. The van der Waals surface area contributed by atoms with E-state index in [1.54, 1.807) is 18.3 Å². The van der Waals surface area contributed by atoms with E-state index < -0.39 is 6.10 Å². The molecular weight excluding hydrogens is 342 g/mol. The number of hydrogen-bond donors (Lipinski definition) is 2. The van der Waals surface area contributed by atoms with Gasteiger partial charge in [0.2, 0.25) is 5.88 Å². The highest BCUT2D eigenvalue weighted by molar-refractivity contribution is 5.96. The van der Waals surface area contributed by atoms with Crippen molar-refractivity contribution in [2.75, 3.05) is 19.7 Å². The van der Waals surface area contributed by atoms with E-state index in [4.69, 9.17) is 10.5 Å². The Morgan fingerprint density at radius 3 is 2.78 bits per heavy atom. The van der Waals surface area contributed by atoms with Crippen LogP contribution in [0.15, 0.2) is 42.6 Å². The Hall–Kier alpha value is -2.44. The number of benzene rings is 1. The summed E-state index contributed by atoms with van der Waals surface area (Å²) >= 11 is 0. The van der Waals surface area contributed by atoms with Gasteiger partial charge in [-0.3, -0.25) is 4.79 Å². The summed E-state index contributed by atoms with van der Waals surface area (Å²) in [4.78, 5) is 19.0. The second-order valence-corrected chi connectivity index (χ2v) is 7.30. The summed E-state index contributed by atoms with van der Waals surface area (Å²) in [6, 6.07) is 11.1. The van der Waals surface area contributed by atoms with Crippen molar-refractivity contribution < 1.29 is 14.6 Å². The van der Waals surface area contributed by atoms with E-state index in [0.29, 0.717) is 44.0 Å². The summed E-state index contributed by atoms with van der Waals surface area (Å²) in [7, 11) is 0. The van der Waals surface area contributed by atoms with E-state index in [1.165, 1.54) is 0 Å². The minimum absolute atomic E-state index is 0.0773. The second kappa shape index (κ2) is 6.94. The van der Waals surface area contributed by atoms with Gasteiger partial charge in [0.05, 0.1) is 18.8 Å². The number of piperidine rings is 1. The third-order valence-corrected chi connectivity index (χ3v) is 5.99. The number of aliphatic hydroxyl groups excluding tert-OH is 1. The fourth-order valence-electron chi connectivity index (χ4n) is 4.56. The molecule has 2 heterocycles. The largest absolute Gasteiger partial charge is 0.477 e. The number of carbonyl (C=O) groups excluding carboxylic acids is 1. The molecule has 1 fully saturated rings. The lowest BCUT2D eigenvalue weighted by Gasteiger charge is -2.42. The van der Waals surface area contributed by atoms with Crippen LogP contribution in [0.2, 0.25) is 0 Å². The van der Waals surface area contributed by atoms with Gasteiger partial charge in [0.25, 0.3) is 5.91 Å². The van der Waals surface area contributed by atoms with Gasteiger partial charge in [0, 0.05) is 24.7 Å². The van der Waals surface area contributed by atoms with Crippen molar-refractivity contribution >= 4 is 5.91 Å². The molecule has 0 saturated carbocycles. The molecule has 6 nitrogen and oxygen atoms in total. The van der Waals surface area contributed by atoms with Gasteiger partial charge in [-0.15, -0.1) is 0 Å². The fourth-order valence-corrected chi connectivity index (χ4v) is 4.56. The van der Waals surface area contributed by atoms with Gasteiger partial charge < -0.3 is 20.5 Å². The lowest BCUT2D eigenvalue weighted by Crippen LogP contribution is -2.50. The molecule has 1 amide bonds. The first kappa shape index (κ1) is 17.9. The molecule has 2 aliphatic rings. The molecule has 0 bridgehead atoms. The lowest BCUT2D eigenvalue weighted by atomic mass is 9.72. The van der Waals surface area contributed by atoms with Crippen molar-refractivity contribution in [1.82, 2.24) is 9.88 Å². The average Bonchev–Trinajstić information content (AvgIpc) is 2.91. The third kappa shape index (κ3) is 2.80. The highest BCUT2D eigenvalue weighted by Gasteiger charge is 2.51. The van der Waals surface area contributed by atoms with Crippen LogP contribution in [0, 0.1) is 0 Å². The number of aliphatic hydroxyl groups is 1. The minimum Gasteiger partial charge on any atom is -0.477 e. The Bertz CT molecular complexity index is 846. The van der Waals surface area contributed by atoms with Gasteiger partial charge in [-0.25, -0.2) is 4.98 Å². The van der Waals surface area contributed by atoms with E-state index in [-0.39, 0.29) is 17.4 Å². The standard InChI is InChI=1S/C21H25N3O3/c1-2-27-19-15(7-5-11-23-19)20(26)24-12-9-21(10-13-24)16-8-4-3-6-14(16)17(22)18(21)25/h3-8,11,17-18,25H,2,9-10,12-13,22H2,1H3/t17-,18+/m1/s1. The van der Waals surface area contributed by atoms with Crippen molar-refractivity contribution in [3.8, 4) is 5.88 Å². The summed E-state index contributed by atoms with van der Waals surface area (Å²) in [6.07, 6.45) is 2.38. The average molecular weight is 367 g/mol. The predicted molar refractivity (Wildman–Crippen MR) is 102 cm³/mol. The minimum atomic E-state index is -0.621. The van der Waals surface area contributed by atoms with Crippen LogP contribution in [0.5, 0.6) is 5.88 Å². The highest BCUT2D eigenvalue weighted by Crippen LogP contribution is 2.50. The van der Waals surface area contributed by atoms with Crippen molar-refractivity contribution in [3.05, 3.63) is 59.3 Å². The Morgan fingerprint density at radius 2 is 2.04 bits per heavy atom.